The highest BCUT2D eigenvalue weighted by Crippen LogP contribution is 2.20. The Kier molecular flexibility index (Phi) is 5.37. The Balaban J connectivity index is 2.10. The van der Waals surface area contributed by atoms with Gasteiger partial charge in [0.15, 0.2) is 9.84 Å². The lowest BCUT2D eigenvalue weighted by Gasteiger charge is -2.29. The molecule has 0 radical (unpaired) electrons. The van der Waals surface area contributed by atoms with Crippen LogP contribution in [0.15, 0.2) is 24.3 Å². The molecule has 1 heterocycles. The minimum Gasteiger partial charge on any atom is -0.394 e. The third-order valence-electron chi connectivity index (χ3n) is 3.89. The molecule has 0 saturated carbocycles. The fourth-order valence-corrected chi connectivity index (χ4v) is 4.42. The average Bonchev–Trinajstić information content (AvgIpc) is 2.80. The molecule has 1 aliphatic rings. The number of aliphatic hydroxyl groups excluding tert-OH is 2. The molecular weight excluding hydrogens is 290 g/mol. The summed E-state index contributed by atoms with van der Waals surface area (Å²) in [5.74, 6) is 0.342. The van der Waals surface area contributed by atoms with E-state index in [1.54, 1.807) is 0 Å². The van der Waals surface area contributed by atoms with Crippen LogP contribution in [0.1, 0.15) is 17.5 Å². The Morgan fingerprint density at radius 1 is 1.33 bits per heavy atom. The molecule has 21 heavy (non-hydrogen) atoms. The summed E-state index contributed by atoms with van der Waals surface area (Å²) in [4.78, 5) is 1.97. The van der Waals surface area contributed by atoms with Crippen LogP contribution in [0.5, 0.6) is 0 Å². The standard InChI is InChI=1S/C15H23NO4S/c1-12-2-4-13(5-3-12)8-16(9-15(18)10-17)14-6-7-21(19,20)11-14/h2-5,14-15,17-18H,6-11H2,1H3/t14-,15-/m0/s1. The molecule has 5 nitrogen and oxygen atoms in total. The van der Waals surface area contributed by atoms with Crippen molar-refractivity contribution in [3.05, 3.63) is 35.4 Å². The summed E-state index contributed by atoms with van der Waals surface area (Å²) in [6.07, 6.45) is -0.259. The number of nitrogens with zero attached hydrogens (tertiary/aromatic N) is 1. The van der Waals surface area contributed by atoms with Crippen LogP contribution in [0.3, 0.4) is 0 Å². The third kappa shape index (κ3) is 4.78. The van der Waals surface area contributed by atoms with Crippen LogP contribution in [0.25, 0.3) is 0 Å². The van der Waals surface area contributed by atoms with E-state index in [9.17, 15) is 13.5 Å². The van der Waals surface area contributed by atoms with Crippen LogP contribution >= 0.6 is 0 Å². The van der Waals surface area contributed by atoms with Gasteiger partial charge in [-0.3, -0.25) is 4.90 Å². The first-order chi connectivity index (χ1) is 9.89. The molecule has 118 valence electrons. The van der Waals surface area contributed by atoms with Gasteiger partial charge in [0.05, 0.1) is 24.2 Å². The van der Waals surface area contributed by atoms with Crippen LogP contribution in [0.4, 0.5) is 0 Å². The Morgan fingerprint density at radius 2 is 2.00 bits per heavy atom. The van der Waals surface area contributed by atoms with E-state index in [2.05, 4.69) is 0 Å². The lowest BCUT2D eigenvalue weighted by molar-refractivity contribution is 0.0447. The molecule has 1 saturated heterocycles. The van der Waals surface area contributed by atoms with E-state index in [-0.39, 0.29) is 30.7 Å². The first-order valence-corrected chi connectivity index (χ1v) is 9.01. The van der Waals surface area contributed by atoms with Gasteiger partial charge < -0.3 is 10.2 Å². The van der Waals surface area contributed by atoms with Crippen molar-refractivity contribution >= 4 is 9.84 Å². The van der Waals surface area contributed by atoms with Crippen molar-refractivity contribution < 1.29 is 18.6 Å². The van der Waals surface area contributed by atoms with Crippen LogP contribution in [0, 0.1) is 6.92 Å². The summed E-state index contributed by atoms with van der Waals surface area (Å²) in [5, 5.41) is 18.7. The smallest absolute Gasteiger partial charge is 0.151 e. The average molecular weight is 313 g/mol. The predicted molar refractivity (Wildman–Crippen MR) is 81.7 cm³/mol. The molecule has 0 aromatic heterocycles. The van der Waals surface area contributed by atoms with E-state index in [1.807, 2.05) is 36.1 Å². The highest BCUT2D eigenvalue weighted by atomic mass is 32.2. The number of hydrogen-bond acceptors (Lipinski definition) is 5. The minimum absolute atomic E-state index is 0.0856. The summed E-state index contributed by atoms with van der Waals surface area (Å²) >= 11 is 0. The van der Waals surface area contributed by atoms with Gasteiger partial charge in [-0.15, -0.1) is 0 Å². The van der Waals surface area contributed by atoms with Crippen molar-refractivity contribution in [3.63, 3.8) is 0 Å². The molecule has 0 amide bonds. The summed E-state index contributed by atoms with van der Waals surface area (Å²) in [7, 11) is -2.97. The van der Waals surface area contributed by atoms with Gasteiger partial charge in [0.1, 0.15) is 0 Å². The van der Waals surface area contributed by atoms with Crippen LogP contribution < -0.4 is 0 Å². The van der Waals surface area contributed by atoms with Crippen LogP contribution in [-0.4, -0.2) is 60.3 Å². The Bertz CT molecular complexity index is 556. The van der Waals surface area contributed by atoms with E-state index in [1.165, 1.54) is 5.56 Å². The second kappa shape index (κ2) is 6.87. The maximum atomic E-state index is 11.7. The molecule has 0 spiro atoms. The number of aryl methyl sites for hydroxylation is 1. The summed E-state index contributed by atoms with van der Waals surface area (Å²) in [6, 6.07) is 7.97. The lowest BCUT2D eigenvalue weighted by atomic mass is 10.1. The third-order valence-corrected chi connectivity index (χ3v) is 5.64. The largest absolute Gasteiger partial charge is 0.394 e. The van der Waals surface area contributed by atoms with Crippen LogP contribution in [-0.2, 0) is 16.4 Å². The SMILES string of the molecule is Cc1ccc(CN(C[C@H](O)CO)[C@H]2CCS(=O)(=O)C2)cc1. The number of benzene rings is 1. The van der Waals surface area contributed by atoms with Gasteiger partial charge in [-0.25, -0.2) is 8.42 Å². The Morgan fingerprint density at radius 3 is 2.52 bits per heavy atom. The van der Waals surface area contributed by atoms with Crippen molar-refractivity contribution in [2.24, 2.45) is 0 Å². The van der Waals surface area contributed by atoms with Crippen molar-refractivity contribution in [1.82, 2.24) is 4.90 Å². The molecule has 1 aliphatic heterocycles. The van der Waals surface area contributed by atoms with Gasteiger partial charge in [-0.05, 0) is 18.9 Å². The highest BCUT2D eigenvalue weighted by molar-refractivity contribution is 7.91. The van der Waals surface area contributed by atoms with Gasteiger partial charge in [0, 0.05) is 19.1 Å². The lowest BCUT2D eigenvalue weighted by Crippen LogP contribution is -2.41. The van der Waals surface area contributed by atoms with Gasteiger partial charge in [-0.2, -0.15) is 0 Å². The van der Waals surface area contributed by atoms with Crippen molar-refractivity contribution in [1.29, 1.82) is 0 Å². The van der Waals surface area contributed by atoms with E-state index in [0.29, 0.717) is 13.0 Å². The fourth-order valence-electron chi connectivity index (χ4n) is 2.66. The molecule has 6 heteroatoms. The predicted octanol–water partition coefficient (Wildman–Crippen LogP) is 0.337. The van der Waals surface area contributed by atoms with Gasteiger partial charge >= 0.3 is 0 Å². The zero-order valence-electron chi connectivity index (χ0n) is 12.3. The molecule has 1 fully saturated rings. The molecule has 2 rings (SSSR count). The molecule has 1 aromatic rings. The van der Waals surface area contributed by atoms with Gasteiger partial charge in [0.25, 0.3) is 0 Å². The zero-order chi connectivity index (χ0) is 15.5. The van der Waals surface area contributed by atoms with E-state index >= 15 is 0 Å². The zero-order valence-corrected chi connectivity index (χ0v) is 13.1. The van der Waals surface area contributed by atoms with E-state index < -0.39 is 15.9 Å². The molecule has 2 N–H and O–H groups in total. The number of hydrogen-bond donors (Lipinski definition) is 2. The second-order valence-corrected chi connectivity index (χ2v) is 8.04. The Labute approximate surface area is 126 Å². The topological polar surface area (TPSA) is 77.8 Å². The monoisotopic (exact) mass is 313 g/mol. The first kappa shape index (κ1) is 16.4. The highest BCUT2D eigenvalue weighted by Gasteiger charge is 2.32. The molecule has 0 bridgehead atoms. The fraction of sp³-hybridized carbons (Fsp3) is 0.600. The van der Waals surface area contributed by atoms with Crippen LogP contribution in [0.2, 0.25) is 0 Å². The number of rotatable bonds is 6. The number of aliphatic hydroxyl groups is 2. The van der Waals surface area contributed by atoms with Gasteiger partial charge in [0.2, 0.25) is 0 Å². The molecular formula is C15H23NO4S. The summed E-state index contributed by atoms with van der Waals surface area (Å²) in [6.45, 7) is 2.56. The second-order valence-electron chi connectivity index (χ2n) is 5.81. The minimum atomic E-state index is -2.97. The van der Waals surface area contributed by atoms with Gasteiger partial charge in [-0.1, -0.05) is 29.8 Å². The number of sulfone groups is 1. The molecule has 2 atom stereocenters. The maximum absolute atomic E-state index is 11.7. The summed E-state index contributed by atoms with van der Waals surface area (Å²) < 4.78 is 23.3. The molecule has 0 aliphatic carbocycles. The quantitative estimate of drug-likeness (QED) is 0.792. The summed E-state index contributed by atoms with van der Waals surface area (Å²) in [5.41, 5.74) is 2.25. The van der Waals surface area contributed by atoms with Crippen molar-refractivity contribution in [3.8, 4) is 0 Å². The Hall–Kier alpha value is -0.950. The van der Waals surface area contributed by atoms with E-state index in [4.69, 9.17) is 5.11 Å². The van der Waals surface area contributed by atoms with E-state index in [0.717, 1.165) is 5.56 Å². The molecule has 1 aromatic carbocycles. The normalized spacial score (nSPS) is 22.6. The molecule has 0 unspecified atom stereocenters. The van der Waals surface area contributed by atoms with Crippen molar-refractivity contribution in [2.75, 3.05) is 24.7 Å². The van der Waals surface area contributed by atoms with Crippen molar-refractivity contribution in [2.45, 2.75) is 32.0 Å². The maximum Gasteiger partial charge on any atom is 0.151 e. The first-order valence-electron chi connectivity index (χ1n) is 7.18.